The standard InChI is InChI=1S/C21H40N2O4/c1-4-5-6-7-8-11-19(12-13-20(24)26-18(2)3)27-21(25)22-14-17-23-15-9-10-16-23/h18-19H,4-17H2,1-3H3,(H,22,25). The Balaban J connectivity index is 2.30. The summed E-state index contributed by atoms with van der Waals surface area (Å²) >= 11 is 0. The van der Waals surface area contributed by atoms with Crippen LogP contribution in [0.15, 0.2) is 0 Å². The molecule has 0 aromatic heterocycles. The molecule has 1 unspecified atom stereocenters. The second kappa shape index (κ2) is 14.7. The maximum absolute atomic E-state index is 12.1. The van der Waals surface area contributed by atoms with Crippen LogP contribution < -0.4 is 5.32 Å². The minimum Gasteiger partial charge on any atom is -0.463 e. The lowest BCUT2D eigenvalue weighted by Gasteiger charge is -2.19. The summed E-state index contributed by atoms with van der Waals surface area (Å²) in [5, 5.41) is 2.85. The van der Waals surface area contributed by atoms with E-state index in [0.29, 0.717) is 19.4 Å². The number of esters is 1. The van der Waals surface area contributed by atoms with E-state index in [1.54, 1.807) is 0 Å². The van der Waals surface area contributed by atoms with Crippen LogP contribution in [0.2, 0.25) is 0 Å². The number of ether oxygens (including phenoxy) is 2. The molecule has 0 aromatic carbocycles. The first kappa shape index (κ1) is 23.7. The fraction of sp³-hybridized carbons (Fsp3) is 0.905. The maximum atomic E-state index is 12.1. The fourth-order valence-electron chi connectivity index (χ4n) is 3.35. The Morgan fingerprint density at radius 3 is 2.37 bits per heavy atom. The van der Waals surface area contributed by atoms with Gasteiger partial charge in [-0.15, -0.1) is 0 Å². The zero-order chi connectivity index (χ0) is 19.9. The molecule has 1 rings (SSSR count). The number of alkyl carbamates (subject to hydrolysis) is 1. The first-order valence-electron chi connectivity index (χ1n) is 10.9. The lowest BCUT2D eigenvalue weighted by atomic mass is 10.0. The van der Waals surface area contributed by atoms with Crippen LogP contribution in [-0.2, 0) is 14.3 Å². The van der Waals surface area contributed by atoms with Gasteiger partial charge in [-0.1, -0.05) is 32.6 Å². The van der Waals surface area contributed by atoms with Gasteiger partial charge in [-0.3, -0.25) is 4.79 Å². The highest BCUT2D eigenvalue weighted by molar-refractivity contribution is 5.70. The molecule has 0 spiro atoms. The van der Waals surface area contributed by atoms with E-state index in [1.807, 2.05) is 13.8 Å². The van der Waals surface area contributed by atoms with E-state index in [1.165, 1.54) is 32.1 Å². The third kappa shape index (κ3) is 12.7. The average molecular weight is 385 g/mol. The molecule has 1 aliphatic heterocycles. The van der Waals surface area contributed by atoms with Crippen LogP contribution in [0.1, 0.15) is 85.0 Å². The van der Waals surface area contributed by atoms with E-state index in [0.717, 1.165) is 38.9 Å². The molecule has 1 amide bonds. The summed E-state index contributed by atoms with van der Waals surface area (Å²) in [6, 6.07) is 0. The van der Waals surface area contributed by atoms with Gasteiger partial charge in [-0.2, -0.15) is 0 Å². The maximum Gasteiger partial charge on any atom is 0.407 e. The van der Waals surface area contributed by atoms with Gasteiger partial charge in [-0.05, 0) is 59.0 Å². The number of unbranched alkanes of at least 4 members (excludes halogenated alkanes) is 4. The number of hydrogen-bond donors (Lipinski definition) is 1. The summed E-state index contributed by atoms with van der Waals surface area (Å²) in [6.07, 6.45) is 9.22. The predicted octanol–water partition coefficient (Wildman–Crippen LogP) is 4.27. The van der Waals surface area contributed by atoms with Crippen molar-refractivity contribution in [3.8, 4) is 0 Å². The molecule has 1 fully saturated rings. The Labute approximate surface area is 165 Å². The van der Waals surface area contributed by atoms with E-state index in [9.17, 15) is 9.59 Å². The number of rotatable bonds is 14. The van der Waals surface area contributed by atoms with Crippen LogP contribution >= 0.6 is 0 Å². The first-order chi connectivity index (χ1) is 13.0. The Morgan fingerprint density at radius 1 is 1.00 bits per heavy atom. The first-order valence-corrected chi connectivity index (χ1v) is 10.9. The van der Waals surface area contributed by atoms with E-state index in [-0.39, 0.29) is 24.3 Å². The lowest BCUT2D eigenvalue weighted by Crippen LogP contribution is -2.35. The molecular weight excluding hydrogens is 344 g/mol. The summed E-state index contributed by atoms with van der Waals surface area (Å²) in [7, 11) is 0. The number of likely N-dealkylation sites (tertiary alicyclic amines) is 1. The molecule has 1 heterocycles. The largest absolute Gasteiger partial charge is 0.463 e. The number of nitrogens with zero attached hydrogens (tertiary/aromatic N) is 1. The van der Waals surface area contributed by atoms with Crippen LogP contribution in [-0.4, -0.2) is 55.3 Å². The van der Waals surface area contributed by atoms with Crippen molar-refractivity contribution in [3.63, 3.8) is 0 Å². The number of nitrogens with one attached hydrogen (secondary N) is 1. The number of carbonyl (C=O) groups is 2. The number of hydrogen-bond acceptors (Lipinski definition) is 5. The van der Waals surface area contributed by atoms with Crippen LogP contribution in [0.5, 0.6) is 0 Å². The molecule has 0 aromatic rings. The van der Waals surface area contributed by atoms with Crippen molar-refractivity contribution in [1.82, 2.24) is 10.2 Å². The van der Waals surface area contributed by atoms with Gasteiger partial charge in [-0.25, -0.2) is 4.79 Å². The second-order valence-electron chi connectivity index (χ2n) is 7.78. The van der Waals surface area contributed by atoms with Gasteiger partial charge in [0.15, 0.2) is 0 Å². The van der Waals surface area contributed by atoms with Crippen LogP contribution in [0, 0.1) is 0 Å². The topological polar surface area (TPSA) is 67.9 Å². The third-order valence-electron chi connectivity index (χ3n) is 4.84. The van der Waals surface area contributed by atoms with Crippen molar-refractivity contribution in [3.05, 3.63) is 0 Å². The highest BCUT2D eigenvalue weighted by atomic mass is 16.6. The summed E-state index contributed by atoms with van der Waals surface area (Å²) in [5.41, 5.74) is 0. The molecule has 1 saturated heterocycles. The Hall–Kier alpha value is -1.30. The minimum atomic E-state index is -0.370. The predicted molar refractivity (Wildman–Crippen MR) is 108 cm³/mol. The van der Waals surface area contributed by atoms with Gasteiger partial charge in [0.1, 0.15) is 6.10 Å². The zero-order valence-electron chi connectivity index (χ0n) is 17.6. The van der Waals surface area contributed by atoms with Crippen LogP contribution in [0.3, 0.4) is 0 Å². The monoisotopic (exact) mass is 384 g/mol. The molecule has 0 saturated carbocycles. The third-order valence-corrected chi connectivity index (χ3v) is 4.84. The molecule has 1 aliphatic rings. The molecule has 0 aliphatic carbocycles. The van der Waals surface area contributed by atoms with Crippen molar-refractivity contribution >= 4 is 12.1 Å². The van der Waals surface area contributed by atoms with E-state index < -0.39 is 0 Å². The number of amides is 1. The quantitative estimate of drug-likeness (QED) is 0.358. The van der Waals surface area contributed by atoms with Crippen molar-refractivity contribution < 1.29 is 19.1 Å². The molecule has 0 radical (unpaired) electrons. The van der Waals surface area contributed by atoms with E-state index in [4.69, 9.17) is 9.47 Å². The lowest BCUT2D eigenvalue weighted by molar-refractivity contribution is -0.148. The number of carbonyl (C=O) groups excluding carboxylic acids is 2. The van der Waals surface area contributed by atoms with Crippen molar-refractivity contribution in [1.29, 1.82) is 0 Å². The van der Waals surface area contributed by atoms with Crippen LogP contribution in [0.25, 0.3) is 0 Å². The summed E-state index contributed by atoms with van der Waals surface area (Å²) in [6.45, 7) is 9.60. The smallest absolute Gasteiger partial charge is 0.407 e. The van der Waals surface area contributed by atoms with E-state index >= 15 is 0 Å². The second-order valence-corrected chi connectivity index (χ2v) is 7.78. The Morgan fingerprint density at radius 2 is 1.70 bits per heavy atom. The van der Waals surface area contributed by atoms with Gasteiger partial charge in [0.2, 0.25) is 0 Å². The highest BCUT2D eigenvalue weighted by Gasteiger charge is 2.18. The normalized spacial score (nSPS) is 15.7. The fourth-order valence-corrected chi connectivity index (χ4v) is 3.35. The molecule has 0 bridgehead atoms. The molecule has 6 nitrogen and oxygen atoms in total. The minimum absolute atomic E-state index is 0.111. The molecule has 1 N–H and O–H groups in total. The van der Waals surface area contributed by atoms with Crippen molar-refractivity contribution in [2.75, 3.05) is 26.2 Å². The van der Waals surface area contributed by atoms with E-state index in [2.05, 4.69) is 17.1 Å². The van der Waals surface area contributed by atoms with Gasteiger partial charge >= 0.3 is 12.1 Å². The summed E-state index contributed by atoms with van der Waals surface area (Å²) < 4.78 is 10.8. The average Bonchev–Trinajstić information content (AvgIpc) is 3.12. The van der Waals surface area contributed by atoms with Gasteiger partial charge < -0.3 is 19.7 Å². The molecule has 27 heavy (non-hydrogen) atoms. The van der Waals surface area contributed by atoms with Crippen LogP contribution in [0.4, 0.5) is 4.79 Å². The zero-order valence-corrected chi connectivity index (χ0v) is 17.6. The van der Waals surface area contributed by atoms with Crippen molar-refractivity contribution in [2.24, 2.45) is 0 Å². The van der Waals surface area contributed by atoms with Crippen molar-refractivity contribution in [2.45, 2.75) is 97.2 Å². The molecular formula is C21H40N2O4. The van der Waals surface area contributed by atoms with Gasteiger partial charge in [0.05, 0.1) is 6.10 Å². The molecule has 6 heteroatoms. The molecule has 1 atom stereocenters. The molecule has 158 valence electrons. The van der Waals surface area contributed by atoms with Gasteiger partial charge in [0, 0.05) is 19.5 Å². The Kier molecular flexibility index (Phi) is 12.9. The summed E-state index contributed by atoms with van der Waals surface area (Å²) in [5.74, 6) is -0.223. The Bertz CT molecular complexity index is 409. The SMILES string of the molecule is CCCCCCCC(CCC(=O)OC(C)C)OC(=O)NCCN1CCCC1. The summed E-state index contributed by atoms with van der Waals surface area (Å²) in [4.78, 5) is 26.3. The highest BCUT2D eigenvalue weighted by Crippen LogP contribution is 2.15. The van der Waals surface area contributed by atoms with Gasteiger partial charge in [0.25, 0.3) is 0 Å².